The van der Waals surface area contributed by atoms with Crippen LogP contribution in [0.3, 0.4) is 0 Å². The first-order valence-corrected chi connectivity index (χ1v) is 11.5. The third kappa shape index (κ3) is 4.84. The number of benzene rings is 3. The second-order valence-corrected chi connectivity index (χ2v) is 11.5. The minimum atomic E-state index is -3.64. The molecule has 3 aromatic rings. The molecule has 29 heavy (non-hydrogen) atoms. The molecule has 8 heteroatoms. The van der Waals surface area contributed by atoms with Crippen molar-refractivity contribution in [3.63, 3.8) is 0 Å². The van der Waals surface area contributed by atoms with E-state index >= 15 is 0 Å². The SMILES string of the molecule is O=C(N[C@H](C(Cl)(Cl)Cl)P(=O)(c1ccccc1)c1ccccc1)c1ccc(F)cc1. The van der Waals surface area contributed by atoms with Crippen molar-refractivity contribution in [2.24, 2.45) is 0 Å². The highest BCUT2D eigenvalue weighted by Crippen LogP contribution is 2.55. The van der Waals surface area contributed by atoms with E-state index in [-0.39, 0.29) is 5.56 Å². The number of nitrogens with one attached hydrogen (secondary N) is 1. The monoisotopic (exact) mass is 469 g/mol. The first-order chi connectivity index (χ1) is 13.7. The molecule has 1 amide bonds. The number of hydrogen-bond acceptors (Lipinski definition) is 2. The Labute approximate surface area is 183 Å². The topological polar surface area (TPSA) is 46.2 Å². The van der Waals surface area contributed by atoms with Crippen LogP contribution in [0.15, 0.2) is 84.9 Å². The molecule has 0 radical (unpaired) electrons. The van der Waals surface area contributed by atoms with Crippen LogP contribution in [0, 0.1) is 5.82 Å². The van der Waals surface area contributed by atoms with Crippen LogP contribution in [-0.2, 0) is 4.57 Å². The van der Waals surface area contributed by atoms with Crippen molar-refractivity contribution in [2.75, 3.05) is 0 Å². The molecule has 0 bridgehead atoms. The Kier molecular flexibility index (Phi) is 6.70. The summed E-state index contributed by atoms with van der Waals surface area (Å²) in [6.07, 6.45) is 0. The van der Waals surface area contributed by atoms with Crippen LogP contribution in [0.25, 0.3) is 0 Å². The summed E-state index contributed by atoms with van der Waals surface area (Å²) < 4.78 is 25.6. The average molecular weight is 471 g/mol. The largest absolute Gasteiger partial charge is 0.338 e. The molecular formula is C21H16Cl3FNO2P. The van der Waals surface area contributed by atoms with Gasteiger partial charge in [-0.1, -0.05) is 95.5 Å². The normalized spacial score (nSPS) is 13.0. The van der Waals surface area contributed by atoms with Gasteiger partial charge in [-0.25, -0.2) is 4.39 Å². The lowest BCUT2D eigenvalue weighted by Gasteiger charge is -2.34. The highest BCUT2D eigenvalue weighted by atomic mass is 35.6. The number of rotatable bonds is 5. The maximum atomic E-state index is 14.5. The molecule has 0 unspecified atom stereocenters. The zero-order valence-corrected chi connectivity index (χ0v) is 18.1. The van der Waals surface area contributed by atoms with Gasteiger partial charge in [0, 0.05) is 16.2 Å². The smallest absolute Gasteiger partial charge is 0.252 e. The standard InChI is InChI=1S/C21H16Cl3FNO2P/c22-21(23,24)20(26-19(27)15-11-13-16(25)14-12-15)29(28,17-7-3-1-4-8-17)18-9-5-2-6-10-18/h1-14,20H,(H,26,27)/t20-/m0/s1. The van der Waals surface area contributed by atoms with Crippen LogP contribution < -0.4 is 15.9 Å². The summed E-state index contributed by atoms with van der Waals surface area (Å²) >= 11 is 18.7. The summed E-state index contributed by atoms with van der Waals surface area (Å²) in [5.41, 5.74) is 0.151. The Morgan fingerprint density at radius 3 is 1.69 bits per heavy atom. The molecule has 0 aliphatic carbocycles. The summed E-state index contributed by atoms with van der Waals surface area (Å²) in [7, 11) is -3.64. The maximum Gasteiger partial charge on any atom is 0.252 e. The summed E-state index contributed by atoms with van der Waals surface area (Å²) in [6, 6.07) is 22.0. The van der Waals surface area contributed by atoms with Gasteiger partial charge in [0.05, 0.1) is 0 Å². The lowest BCUT2D eigenvalue weighted by molar-refractivity contribution is 0.0948. The second-order valence-electron chi connectivity index (χ2n) is 6.25. The first kappa shape index (κ1) is 21.9. The van der Waals surface area contributed by atoms with Crippen LogP contribution in [-0.4, -0.2) is 15.5 Å². The molecule has 0 saturated carbocycles. The molecule has 0 heterocycles. The van der Waals surface area contributed by atoms with Gasteiger partial charge in [0.2, 0.25) is 3.79 Å². The number of carbonyl (C=O) groups is 1. The van der Waals surface area contributed by atoms with E-state index in [4.69, 9.17) is 34.8 Å². The molecule has 1 atom stereocenters. The molecule has 150 valence electrons. The van der Waals surface area contributed by atoms with E-state index in [2.05, 4.69) is 5.32 Å². The van der Waals surface area contributed by atoms with Crippen molar-refractivity contribution < 1.29 is 13.8 Å². The molecule has 0 spiro atoms. The van der Waals surface area contributed by atoms with E-state index < -0.39 is 28.4 Å². The number of hydrogen-bond donors (Lipinski definition) is 1. The third-order valence-corrected chi connectivity index (χ3v) is 8.81. The van der Waals surface area contributed by atoms with Gasteiger partial charge in [-0.2, -0.15) is 0 Å². The van der Waals surface area contributed by atoms with E-state index in [9.17, 15) is 13.8 Å². The number of halogens is 4. The summed E-state index contributed by atoms with van der Waals surface area (Å²) in [4.78, 5) is 12.8. The molecule has 3 rings (SSSR count). The predicted octanol–water partition coefficient (Wildman–Crippen LogP) is 5.27. The minimum Gasteiger partial charge on any atom is -0.338 e. The van der Waals surface area contributed by atoms with Gasteiger partial charge < -0.3 is 9.88 Å². The first-order valence-electron chi connectivity index (χ1n) is 8.57. The Morgan fingerprint density at radius 1 is 0.828 bits per heavy atom. The fourth-order valence-corrected chi connectivity index (χ4v) is 7.17. The van der Waals surface area contributed by atoms with Gasteiger partial charge in [-0.05, 0) is 24.3 Å². The van der Waals surface area contributed by atoms with Gasteiger partial charge in [0.15, 0.2) is 7.14 Å². The van der Waals surface area contributed by atoms with E-state index in [0.717, 1.165) is 12.1 Å². The van der Waals surface area contributed by atoms with E-state index in [0.29, 0.717) is 10.6 Å². The summed E-state index contributed by atoms with van der Waals surface area (Å²) in [6.45, 7) is 0. The number of carbonyl (C=O) groups excluding carboxylic acids is 1. The Bertz CT molecular complexity index is 982. The van der Waals surface area contributed by atoms with Crippen molar-refractivity contribution >= 4 is 58.5 Å². The molecule has 0 aromatic heterocycles. The Hall–Kier alpha value is -1.84. The van der Waals surface area contributed by atoms with Crippen LogP contribution in [0.5, 0.6) is 0 Å². The molecular weight excluding hydrogens is 455 g/mol. The average Bonchev–Trinajstić information content (AvgIpc) is 2.72. The zero-order valence-electron chi connectivity index (χ0n) is 14.9. The summed E-state index contributed by atoms with van der Waals surface area (Å²) in [5.74, 6) is -2.48. The maximum absolute atomic E-state index is 14.5. The van der Waals surface area contributed by atoms with Gasteiger partial charge >= 0.3 is 0 Å². The quantitative estimate of drug-likeness (QED) is 0.408. The molecule has 0 saturated heterocycles. The molecule has 0 fully saturated rings. The molecule has 3 nitrogen and oxygen atoms in total. The fraction of sp³-hybridized carbons (Fsp3) is 0.0952. The molecule has 3 aromatic carbocycles. The van der Waals surface area contributed by atoms with Crippen molar-refractivity contribution in [3.05, 3.63) is 96.3 Å². The lowest BCUT2D eigenvalue weighted by Crippen LogP contribution is -2.47. The Morgan fingerprint density at radius 2 is 1.28 bits per heavy atom. The van der Waals surface area contributed by atoms with Crippen LogP contribution in [0.1, 0.15) is 10.4 Å². The molecule has 0 aliphatic heterocycles. The van der Waals surface area contributed by atoms with Gasteiger partial charge in [0.1, 0.15) is 11.6 Å². The van der Waals surface area contributed by atoms with Crippen molar-refractivity contribution in [3.8, 4) is 0 Å². The van der Waals surface area contributed by atoms with Crippen molar-refractivity contribution in [1.82, 2.24) is 5.32 Å². The minimum absolute atomic E-state index is 0.151. The van der Waals surface area contributed by atoms with Crippen molar-refractivity contribution in [1.29, 1.82) is 0 Å². The zero-order chi connectivity index (χ0) is 21.1. The number of amides is 1. The molecule has 1 N–H and O–H groups in total. The summed E-state index contributed by atoms with van der Waals surface area (Å²) in [5, 5.41) is 3.47. The highest BCUT2D eigenvalue weighted by Gasteiger charge is 2.49. The van der Waals surface area contributed by atoms with E-state index in [1.54, 1.807) is 60.7 Å². The van der Waals surface area contributed by atoms with Gasteiger partial charge in [0.25, 0.3) is 5.91 Å². The van der Waals surface area contributed by atoms with E-state index in [1.165, 1.54) is 12.1 Å². The molecule has 0 aliphatic rings. The van der Waals surface area contributed by atoms with Crippen LogP contribution >= 0.6 is 41.9 Å². The van der Waals surface area contributed by atoms with Gasteiger partial charge in [-0.3, -0.25) is 4.79 Å². The predicted molar refractivity (Wildman–Crippen MR) is 118 cm³/mol. The van der Waals surface area contributed by atoms with Crippen LogP contribution in [0.2, 0.25) is 0 Å². The second kappa shape index (κ2) is 8.89. The van der Waals surface area contributed by atoms with Gasteiger partial charge in [-0.15, -0.1) is 0 Å². The Balaban J connectivity index is 2.12. The number of alkyl halides is 3. The van der Waals surface area contributed by atoms with Crippen molar-refractivity contribution in [2.45, 2.75) is 9.58 Å². The lowest BCUT2D eigenvalue weighted by atomic mass is 10.2. The van der Waals surface area contributed by atoms with E-state index in [1.807, 2.05) is 0 Å². The fourth-order valence-electron chi connectivity index (χ4n) is 2.93. The highest BCUT2D eigenvalue weighted by molar-refractivity contribution is 7.79. The van der Waals surface area contributed by atoms with Crippen LogP contribution in [0.4, 0.5) is 4.39 Å². The third-order valence-electron chi connectivity index (χ3n) is 4.33.